The van der Waals surface area contributed by atoms with Crippen molar-refractivity contribution in [3.8, 4) is 0 Å². The van der Waals surface area contributed by atoms with Gasteiger partial charge in [-0.05, 0) is 41.3 Å². The minimum atomic E-state index is -0.135. The zero-order valence-electron chi connectivity index (χ0n) is 15.9. The van der Waals surface area contributed by atoms with E-state index in [4.69, 9.17) is 0 Å². The van der Waals surface area contributed by atoms with Gasteiger partial charge in [-0.1, -0.05) is 36.4 Å². The lowest BCUT2D eigenvalue weighted by Gasteiger charge is -2.18. The molecule has 0 saturated carbocycles. The summed E-state index contributed by atoms with van der Waals surface area (Å²) >= 11 is 1.66. The van der Waals surface area contributed by atoms with Gasteiger partial charge in [0.15, 0.2) is 0 Å². The summed E-state index contributed by atoms with van der Waals surface area (Å²) in [5, 5.41) is 8.24. The molecule has 5 nitrogen and oxygen atoms in total. The molecule has 1 heterocycles. The first-order valence-corrected chi connectivity index (χ1v) is 9.86. The zero-order chi connectivity index (χ0) is 19.9. The van der Waals surface area contributed by atoms with Crippen LogP contribution in [0.25, 0.3) is 0 Å². The van der Waals surface area contributed by atoms with Crippen LogP contribution in [-0.4, -0.2) is 37.4 Å². The van der Waals surface area contributed by atoms with Crippen LogP contribution in [0, 0.1) is 0 Å². The highest BCUT2D eigenvalue weighted by Gasteiger charge is 2.16. The van der Waals surface area contributed by atoms with Gasteiger partial charge in [-0.2, -0.15) is 0 Å². The molecule has 2 aromatic carbocycles. The second-order valence-corrected chi connectivity index (χ2v) is 7.54. The second-order valence-electron chi connectivity index (χ2n) is 6.57. The Morgan fingerprint density at radius 2 is 1.68 bits per heavy atom. The standard InChI is InChI=1S/C22H23N3O2S/c1-25(2)22(27)17-10-12-18(13-11-17)24-20(26)15-23-21(19-9-6-14-28-19)16-7-4-3-5-8-16/h3-14,21,23H,15H2,1-2H3,(H,24,26). The van der Waals surface area contributed by atoms with E-state index in [0.717, 1.165) is 10.4 Å². The van der Waals surface area contributed by atoms with Gasteiger partial charge < -0.3 is 10.2 Å². The molecule has 0 bridgehead atoms. The van der Waals surface area contributed by atoms with E-state index in [1.54, 1.807) is 49.7 Å². The summed E-state index contributed by atoms with van der Waals surface area (Å²) in [5.74, 6) is -0.203. The Morgan fingerprint density at radius 3 is 2.29 bits per heavy atom. The zero-order valence-corrected chi connectivity index (χ0v) is 16.7. The van der Waals surface area contributed by atoms with E-state index in [1.165, 1.54) is 4.90 Å². The molecule has 0 aliphatic rings. The first-order valence-electron chi connectivity index (χ1n) is 8.98. The molecule has 0 fully saturated rings. The summed E-state index contributed by atoms with van der Waals surface area (Å²) in [6.45, 7) is 0.176. The average Bonchev–Trinajstić information content (AvgIpc) is 3.23. The number of benzene rings is 2. The van der Waals surface area contributed by atoms with E-state index in [2.05, 4.69) is 28.8 Å². The predicted molar refractivity (Wildman–Crippen MR) is 114 cm³/mol. The van der Waals surface area contributed by atoms with Crippen molar-refractivity contribution in [1.29, 1.82) is 0 Å². The molecule has 0 aliphatic heterocycles. The van der Waals surface area contributed by atoms with E-state index < -0.39 is 0 Å². The maximum Gasteiger partial charge on any atom is 0.253 e. The highest BCUT2D eigenvalue weighted by Crippen LogP contribution is 2.25. The van der Waals surface area contributed by atoms with Crippen LogP contribution < -0.4 is 10.6 Å². The van der Waals surface area contributed by atoms with Crippen molar-refractivity contribution >= 4 is 28.8 Å². The van der Waals surface area contributed by atoms with Crippen molar-refractivity contribution in [1.82, 2.24) is 10.2 Å². The summed E-state index contributed by atoms with van der Waals surface area (Å²) < 4.78 is 0. The van der Waals surface area contributed by atoms with Gasteiger partial charge in [0.2, 0.25) is 5.91 Å². The third kappa shape index (κ3) is 5.06. The van der Waals surface area contributed by atoms with Crippen LogP contribution in [0.4, 0.5) is 5.69 Å². The fourth-order valence-corrected chi connectivity index (χ4v) is 3.66. The number of carbonyl (C=O) groups excluding carboxylic acids is 2. The molecule has 0 radical (unpaired) electrons. The van der Waals surface area contributed by atoms with Crippen molar-refractivity contribution in [2.24, 2.45) is 0 Å². The number of rotatable bonds is 7. The van der Waals surface area contributed by atoms with E-state index >= 15 is 0 Å². The van der Waals surface area contributed by atoms with Gasteiger partial charge in [0.05, 0.1) is 12.6 Å². The van der Waals surface area contributed by atoms with Crippen LogP contribution in [0.5, 0.6) is 0 Å². The van der Waals surface area contributed by atoms with E-state index in [0.29, 0.717) is 11.3 Å². The molecule has 1 unspecified atom stereocenters. The molecule has 2 amide bonds. The molecule has 0 aliphatic carbocycles. The minimum Gasteiger partial charge on any atom is -0.345 e. The lowest BCUT2D eigenvalue weighted by molar-refractivity contribution is -0.115. The first kappa shape index (κ1) is 19.8. The molecule has 28 heavy (non-hydrogen) atoms. The Bertz CT molecular complexity index is 907. The molecule has 0 saturated heterocycles. The molecule has 144 valence electrons. The van der Waals surface area contributed by atoms with Crippen LogP contribution >= 0.6 is 11.3 Å². The Labute approximate surface area is 169 Å². The number of amides is 2. The van der Waals surface area contributed by atoms with Gasteiger partial charge in [0.1, 0.15) is 0 Å². The highest BCUT2D eigenvalue weighted by molar-refractivity contribution is 7.10. The molecule has 6 heteroatoms. The number of thiophene rings is 1. The maximum absolute atomic E-state index is 12.4. The van der Waals surface area contributed by atoms with E-state index in [1.807, 2.05) is 29.6 Å². The number of carbonyl (C=O) groups is 2. The topological polar surface area (TPSA) is 61.4 Å². The van der Waals surface area contributed by atoms with Crippen molar-refractivity contribution in [3.63, 3.8) is 0 Å². The lowest BCUT2D eigenvalue weighted by atomic mass is 10.1. The Hall–Kier alpha value is -2.96. The largest absolute Gasteiger partial charge is 0.345 e. The molecule has 0 spiro atoms. The van der Waals surface area contributed by atoms with Gasteiger partial charge in [0, 0.05) is 30.2 Å². The number of hydrogen-bond acceptors (Lipinski definition) is 4. The van der Waals surface area contributed by atoms with E-state index in [-0.39, 0.29) is 24.4 Å². The Balaban J connectivity index is 1.61. The average molecular weight is 394 g/mol. The van der Waals surface area contributed by atoms with Gasteiger partial charge in [0.25, 0.3) is 5.91 Å². The van der Waals surface area contributed by atoms with Crippen LogP contribution in [0.15, 0.2) is 72.1 Å². The lowest BCUT2D eigenvalue weighted by Crippen LogP contribution is -2.31. The van der Waals surface area contributed by atoms with Gasteiger partial charge in [-0.15, -0.1) is 11.3 Å². The first-order chi connectivity index (χ1) is 13.5. The molecular weight excluding hydrogens is 370 g/mol. The Kier molecular flexibility index (Phi) is 6.57. The molecule has 1 atom stereocenters. The summed E-state index contributed by atoms with van der Waals surface area (Å²) in [5.41, 5.74) is 2.36. The second kappa shape index (κ2) is 9.30. The van der Waals surface area contributed by atoms with Crippen molar-refractivity contribution < 1.29 is 9.59 Å². The summed E-state index contributed by atoms with van der Waals surface area (Å²) in [6, 6.07) is 21.0. The highest BCUT2D eigenvalue weighted by atomic mass is 32.1. The predicted octanol–water partition coefficient (Wildman–Crippen LogP) is 3.77. The van der Waals surface area contributed by atoms with Crippen LogP contribution in [0.2, 0.25) is 0 Å². The molecule has 1 aromatic heterocycles. The SMILES string of the molecule is CN(C)C(=O)c1ccc(NC(=O)CNC(c2ccccc2)c2cccs2)cc1. The fourth-order valence-electron chi connectivity index (χ4n) is 2.84. The number of hydrogen-bond donors (Lipinski definition) is 2. The maximum atomic E-state index is 12.4. The molecular formula is C22H23N3O2S. The summed E-state index contributed by atoms with van der Waals surface area (Å²) in [6.07, 6.45) is 0. The number of nitrogens with zero attached hydrogens (tertiary/aromatic N) is 1. The minimum absolute atomic E-state index is 0.0351. The van der Waals surface area contributed by atoms with Crippen LogP contribution in [0.3, 0.4) is 0 Å². The number of anilines is 1. The number of nitrogens with one attached hydrogen (secondary N) is 2. The third-order valence-electron chi connectivity index (χ3n) is 4.25. The Morgan fingerprint density at radius 1 is 0.964 bits per heavy atom. The smallest absolute Gasteiger partial charge is 0.253 e. The summed E-state index contributed by atoms with van der Waals surface area (Å²) in [7, 11) is 3.42. The van der Waals surface area contributed by atoms with Gasteiger partial charge >= 0.3 is 0 Å². The monoisotopic (exact) mass is 393 g/mol. The quantitative estimate of drug-likeness (QED) is 0.642. The molecule has 3 rings (SSSR count). The van der Waals surface area contributed by atoms with Crippen molar-refractivity contribution in [2.45, 2.75) is 6.04 Å². The summed E-state index contributed by atoms with van der Waals surface area (Å²) in [4.78, 5) is 27.0. The molecule has 2 N–H and O–H groups in total. The molecule has 3 aromatic rings. The van der Waals surface area contributed by atoms with Gasteiger partial charge in [-0.25, -0.2) is 0 Å². The van der Waals surface area contributed by atoms with Crippen LogP contribution in [-0.2, 0) is 4.79 Å². The normalized spacial score (nSPS) is 11.6. The third-order valence-corrected chi connectivity index (χ3v) is 5.19. The fraction of sp³-hybridized carbons (Fsp3) is 0.182. The van der Waals surface area contributed by atoms with Gasteiger partial charge in [-0.3, -0.25) is 14.9 Å². The van der Waals surface area contributed by atoms with Crippen LogP contribution in [0.1, 0.15) is 26.8 Å². The van der Waals surface area contributed by atoms with Crippen molar-refractivity contribution in [2.75, 3.05) is 26.0 Å². The van der Waals surface area contributed by atoms with Crippen molar-refractivity contribution in [3.05, 3.63) is 88.1 Å². The van der Waals surface area contributed by atoms with E-state index in [9.17, 15) is 9.59 Å².